The highest BCUT2D eigenvalue weighted by Gasteiger charge is 2.43. The monoisotopic (exact) mass is 281 g/mol. The Balaban J connectivity index is 2.57. The van der Waals surface area contributed by atoms with Gasteiger partial charge in [0.1, 0.15) is 6.29 Å². The Morgan fingerprint density at radius 2 is 1.95 bits per heavy atom. The first-order valence-corrected chi connectivity index (χ1v) is 7.05. The van der Waals surface area contributed by atoms with Crippen LogP contribution in [0.5, 0.6) is 0 Å². The molecule has 0 aromatic heterocycles. The number of amides is 1. The third-order valence-corrected chi connectivity index (χ3v) is 3.95. The van der Waals surface area contributed by atoms with Crippen LogP contribution in [-0.4, -0.2) is 41.8 Å². The molecule has 0 aromatic carbocycles. The smallest absolute Gasteiger partial charge is 0.307 e. The molecule has 0 bridgehead atoms. The SMILES string of the molecule is C=CCCCCN(C)C(=O)[C@@H]1C[C@@H](C=O)C[C@H]1C(=O)O. The number of carboxylic acid groups (broad SMARTS) is 1. The molecule has 0 saturated heterocycles. The summed E-state index contributed by atoms with van der Waals surface area (Å²) in [6, 6.07) is 0. The molecule has 5 nitrogen and oxygen atoms in total. The average molecular weight is 281 g/mol. The Labute approximate surface area is 119 Å². The van der Waals surface area contributed by atoms with Crippen molar-refractivity contribution >= 4 is 18.2 Å². The van der Waals surface area contributed by atoms with Crippen molar-refractivity contribution in [3.05, 3.63) is 12.7 Å². The normalized spacial score (nSPS) is 25.1. The minimum atomic E-state index is -0.979. The van der Waals surface area contributed by atoms with E-state index in [1.807, 2.05) is 6.08 Å². The van der Waals surface area contributed by atoms with Crippen molar-refractivity contribution in [3.8, 4) is 0 Å². The molecule has 0 heterocycles. The predicted octanol–water partition coefficient (Wildman–Crippen LogP) is 1.73. The zero-order valence-corrected chi connectivity index (χ0v) is 12.0. The van der Waals surface area contributed by atoms with E-state index in [4.69, 9.17) is 0 Å². The number of aliphatic carboxylic acids is 1. The van der Waals surface area contributed by atoms with Crippen LogP contribution in [0.4, 0.5) is 0 Å². The number of rotatable bonds is 8. The van der Waals surface area contributed by atoms with Crippen molar-refractivity contribution in [2.75, 3.05) is 13.6 Å². The summed E-state index contributed by atoms with van der Waals surface area (Å²) in [6.07, 6.45) is 5.99. The van der Waals surface area contributed by atoms with E-state index in [2.05, 4.69) is 6.58 Å². The maximum Gasteiger partial charge on any atom is 0.307 e. The lowest BCUT2D eigenvalue weighted by Gasteiger charge is -2.23. The van der Waals surface area contributed by atoms with Crippen LogP contribution in [0.2, 0.25) is 0 Å². The van der Waals surface area contributed by atoms with Gasteiger partial charge in [0.05, 0.1) is 11.8 Å². The summed E-state index contributed by atoms with van der Waals surface area (Å²) < 4.78 is 0. The number of carbonyl (C=O) groups excluding carboxylic acids is 2. The largest absolute Gasteiger partial charge is 0.481 e. The summed E-state index contributed by atoms with van der Waals surface area (Å²) in [5.74, 6) is -2.73. The second kappa shape index (κ2) is 7.82. The Hall–Kier alpha value is -1.65. The molecule has 112 valence electrons. The van der Waals surface area contributed by atoms with E-state index < -0.39 is 17.8 Å². The summed E-state index contributed by atoms with van der Waals surface area (Å²) in [5, 5.41) is 9.18. The molecule has 3 atom stereocenters. The van der Waals surface area contributed by atoms with E-state index in [0.717, 1.165) is 25.5 Å². The molecular formula is C15H23NO4. The number of unbranched alkanes of at least 4 members (excludes halogenated alkanes) is 2. The Morgan fingerprint density at radius 3 is 2.50 bits per heavy atom. The van der Waals surface area contributed by atoms with Crippen molar-refractivity contribution in [2.24, 2.45) is 17.8 Å². The average Bonchev–Trinajstić information content (AvgIpc) is 2.87. The van der Waals surface area contributed by atoms with Gasteiger partial charge in [0.15, 0.2) is 0 Å². The molecule has 1 saturated carbocycles. The van der Waals surface area contributed by atoms with Crippen LogP contribution in [0, 0.1) is 17.8 Å². The van der Waals surface area contributed by atoms with Gasteiger partial charge in [-0.3, -0.25) is 9.59 Å². The molecule has 1 fully saturated rings. The summed E-state index contributed by atoms with van der Waals surface area (Å²) in [7, 11) is 1.70. The van der Waals surface area contributed by atoms with Crippen LogP contribution >= 0.6 is 0 Å². The van der Waals surface area contributed by atoms with E-state index >= 15 is 0 Å². The Bertz CT molecular complexity index is 380. The second-order valence-electron chi connectivity index (χ2n) is 5.46. The van der Waals surface area contributed by atoms with E-state index in [1.54, 1.807) is 11.9 Å². The van der Waals surface area contributed by atoms with Crippen LogP contribution < -0.4 is 0 Å². The topological polar surface area (TPSA) is 74.7 Å². The first-order valence-electron chi connectivity index (χ1n) is 7.05. The quantitative estimate of drug-likeness (QED) is 0.417. The lowest BCUT2D eigenvalue weighted by Crippen LogP contribution is -2.37. The summed E-state index contributed by atoms with van der Waals surface area (Å²) in [6.45, 7) is 4.26. The predicted molar refractivity (Wildman–Crippen MR) is 75.1 cm³/mol. The molecule has 0 aliphatic heterocycles. The highest BCUT2D eigenvalue weighted by atomic mass is 16.4. The zero-order valence-electron chi connectivity index (χ0n) is 12.0. The van der Waals surface area contributed by atoms with Crippen molar-refractivity contribution in [2.45, 2.75) is 32.1 Å². The number of hydrogen-bond donors (Lipinski definition) is 1. The minimum absolute atomic E-state index is 0.152. The molecule has 5 heteroatoms. The van der Waals surface area contributed by atoms with Crippen LogP contribution in [0.3, 0.4) is 0 Å². The molecule has 0 unspecified atom stereocenters. The molecule has 1 rings (SSSR count). The van der Waals surface area contributed by atoms with Gasteiger partial charge in [-0.2, -0.15) is 0 Å². The molecular weight excluding hydrogens is 258 g/mol. The molecule has 1 N–H and O–H groups in total. The Kier molecular flexibility index (Phi) is 6.42. The summed E-state index contributed by atoms with van der Waals surface area (Å²) >= 11 is 0. The maximum atomic E-state index is 12.3. The van der Waals surface area contributed by atoms with E-state index in [9.17, 15) is 19.5 Å². The zero-order chi connectivity index (χ0) is 15.1. The number of nitrogens with zero attached hydrogens (tertiary/aromatic N) is 1. The third-order valence-electron chi connectivity index (χ3n) is 3.95. The van der Waals surface area contributed by atoms with Crippen molar-refractivity contribution in [1.29, 1.82) is 0 Å². The van der Waals surface area contributed by atoms with Gasteiger partial charge in [-0.05, 0) is 32.1 Å². The lowest BCUT2D eigenvalue weighted by molar-refractivity contribution is -0.148. The fourth-order valence-corrected chi connectivity index (χ4v) is 2.76. The molecule has 1 aliphatic rings. The molecule has 0 spiro atoms. The van der Waals surface area contributed by atoms with E-state index in [-0.39, 0.29) is 18.2 Å². The van der Waals surface area contributed by atoms with Crippen LogP contribution in [0.15, 0.2) is 12.7 Å². The highest BCUT2D eigenvalue weighted by molar-refractivity contribution is 5.86. The van der Waals surface area contributed by atoms with Gasteiger partial charge in [-0.25, -0.2) is 0 Å². The van der Waals surface area contributed by atoms with Gasteiger partial charge in [0, 0.05) is 19.5 Å². The fraction of sp³-hybridized carbons (Fsp3) is 0.667. The summed E-state index contributed by atoms with van der Waals surface area (Å²) in [4.78, 5) is 35.9. The Morgan fingerprint density at radius 1 is 1.30 bits per heavy atom. The minimum Gasteiger partial charge on any atom is -0.481 e. The number of allylic oxidation sites excluding steroid dienone is 1. The number of hydrogen-bond acceptors (Lipinski definition) is 3. The van der Waals surface area contributed by atoms with Crippen LogP contribution in [-0.2, 0) is 14.4 Å². The highest BCUT2D eigenvalue weighted by Crippen LogP contribution is 2.36. The third kappa shape index (κ3) is 4.18. The molecule has 1 amide bonds. The van der Waals surface area contributed by atoms with Crippen LogP contribution in [0.1, 0.15) is 32.1 Å². The van der Waals surface area contributed by atoms with Gasteiger partial charge in [0.2, 0.25) is 5.91 Å². The standard InChI is InChI=1S/C15H23NO4/c1-3-4-5-6-7-16(2)14(18)12-8-11(10-17)9-13(12)15(19)20/h3,10-13H,1,4-9H2,2H3,(H,19,20)/t11-,12-,13-/m1/s1. The number of aldehydes is 1. The summed E-state index contributed by atoms with van der Waals surface area (Å²) in [5.41, 5.74) is 0. The first kappa shape index (κ1) is 16.4. The van der Waals surface area contributed by atoms with Crippen molar-refractivity contribution in [3.63, 3.8) is 0 Å². The van der Waals surface area contributed by atoms with Gasteiger partial charge in [0.25, 0.3) is 0 Å². The van der Waals surface area contributed by atoms with Crippen molar-refractivity contribution in [1.82, 2.24) is 4.90 Å². The molecule has 1 aliphatic carbocycles. The van der Waals surface area contributed by atoms with Gasteiger partial charge in [-0.1, -0.05) is 6.08 Å². The number of carbonyl (C=O) groups is 3. The molecule has 0 aromatic rings. The van der Waals surface area contributed by atoms with E-state index in [0.29, 0.717) is 13.0 Å². The fourth-order valence-electron chi connectivity index (χ4n) is 2.76. The maximum absolute atomic E-state index is 12.3. The first-order chi connectivity index (χ1) is 9.51. The lowest BCUT2D eigenvalue weighted by atomic mass is 9.95. The van der Waals surface area contributed by atoms with Crippen LogP contribution in [0.25, 0.3) is 0 Å². The number of carboxylic acids is 1. The molecule has 0 radical (unpaired) electrons. The van der Waals surface area contributed by atoms with Gasteiger partial charge < -0.3 is 14.8 Å². The van der Waals surface area contributed by atoms with Crippen molar-refractivity contribution < 1.29 is 19.5 Å². The van der Waals surface area contributed by atoms with Gasteiger partial charge in [-0.15, -0.1) is 6.58 Å². The van der Waals surface area contributed by atoms with Gasteiger partial charge >= 0.3 is 5.97 Å². The van der Waals surface area contributed by atoms with E-state index in [1.165, 1.54) is 0 Å². The molecule has 20 heavy (non-hydrogen) atoms. The second-order valence-corrected chi connectivity index (χ2v) is 5.46.